The van der Waals surface area contributed by atoms with Gasteiger partial charge in [0.15, 0.2) is 5.82 Å². The van der Waals surface area contributed by atoms with Crippen LogP contribution in [0.5, 0.6) is 0 Å². The summed E-state index contributed by atoms with van der Waals surface area (Å²) in [6.45, 7) is 8.99. The Bertz CT molecular complexity index is 1400. The van der Waals surface area contributed by atoms with E-state index in [1.54, 1.807) is 0 Å². The first-order valence-corrected chi connectivity index (χ1v) is 11.8. The van der Waals surface area contributed by atoms with E-state index >= 15 is 0 Å². The molecule has 0 spiro atoms. The van der Waals surface area contributed by atoms with Gasteiger partial charge in [0, 0.05) is 30.2 Å². The lowest BCUT2D eigenvalue weighted by Gasteiger charge is -2.28. The number of nitriles is 1. The fraction of sp³-hybridized carbons (Fsp3) is 0.250. The normalized spacial score (nSPS) is 14.2. The Morgan fingerprint density at radius 1 is 0.914 bits per heavy atom. The Morgan fingerprint density at radius 2 is 1.60 bits per heavy atom. The van der Waals surface area contributed by atoms with E-state index in [0.717, 1.165) is 47.4 Å². The third kappa shape index (κ3) is 4.36. The second kappa shape index (κ2) is 9.61. The van der Waals surface area contributed by atoms with Crippen molar-refractivity contribution >= 4 is 17.6 Å². The van der Waals surface area contributed by atoms with Crippen LogP contribution in [0.1, 0.15) is 28.3 Å². The minimum atomic E-state index is 0.463. The lowest BCUT2D eigenvalue weighted by molar-refractivity contribution is 0.122. The summed E-state index contributed by atoms with van der Waals surface area (Å²) in [4.78, 5) is 2.16. The van der Waals surface area contributed by atoms with Crippen molar-refractivity contribution in [3.63, 3.8) is 0 Å². The van der Waals surface area contributed by atoms with Crippen LogP contribution < -0.4 is 4.90 Å². The van der Waals surface area contributed by atoms with Crippen molar-refractivity contribution in [1.82, 2.24) is 19.3 Å². The van der Waals surface area contributed by atoms with Gasteiger partial charge in [-0.2, -0.15) is 5.26 Å². The molecule has 2 aromatic carbocycles. The predicted octanol–water partition coefficient (Wildman–Crippen LogP) is 4.88. The maximum Gasteiger partial charge on any atom is 0.232 e. The van der Waals surface area contributed by atoms with Gasteiger partial charge in [0.05, 0.1) is 24.5 Å². The maximum atomic E-state index is 10.2. The molecule has 3 heterocycles. The molecule has 0 bridgehead atoms. The highest BCUT2D eigenvalue weighted by Gasteiger charge is 2.24. The summed E-state index contributed by atoms with van der Waals surface area (Å²) in [5.74, 6) is 1.25. The molecule has 0 atom stereocenters. The van der Waals surface area contributed by atoms with Crippen LogP contribution in [0.25, 0.3) is 23.0 Å². The van der Waals surface area contributed by atoms with E-state index in [0.29, 0.717) is 24.6 Å². The number of morpholine rings is 1. The monoisotopic (exact) mass is 464 g/mol. The summed E-state index contributed by atoms with van der Waals surface area (Å²) in [6, 6.07) is 22.9. The van der Waals surface area contributed by atoms with Gasteiger partial charge in [-0.05, 0) is 62.7 Å². The van der Waals surface area contributed by atoms with Gasteiger partial charge in [-0.25, -0.2) is 0 Å². The van der Waals surface area contributed by atoms with Crippen molar-refractivity contribution in [2.45, 2.75) is 20.8 Å². The first-order valence-electron chi connectivity index (χ1n) is 11.8. The molecule has 0 N–H and O–H groups in total. The third-order valence-electron chi connectivity index (χ3n) is 6.38. The lowest BCUT2D eigenvalue weighted by Crippen LogP contribution is -2.38. The fourth-order valence-electron chi connectivity index (χ4n) is 4.56. The highest BCUT2D eigenvalue weighted by atomic mass is 16.5. The van der Waals surface area contributed by atoms with Crippen molar-refractivity contribution in [2.75, 3.05) is 31.2 Å². The van der Waals surface area contributed by atoms with Gasteiger partial charge >= 0.3 is 0 Å². The molecule has 5 rings (SSSR count). The average Bonchev–Trinajstić information content (AvgIpc) is 3.45. The van der Waals surface area contributed by atoms with E-state index in [1.165, 1.54) is 5.56 Å². The van der Waals surface area contributed by atoms with Gasteiger partial charge in [0.2, 0.25) is 5.95 Å². The van der Waals surface area contributed by atoms with Crippen LogP contribution in [0.3, 0.4) is 0 Å². The largest absolute Gasteiger partial charge is 0.378 e. The summed E-state index contributed by atoms with van der Waals surface area (Å²) >= 11 is 0. The molecule has 0 radical (unpaired) electrons. The van der Waals surface area contributed by atoms with Gasteiger partial charge in [0.25, 0.3) is 0 Å². The van der Waals surface area contributed by atoms with Crippen LogP contribution in [-0.4, -0.2) is 45.6 Å². The van der Waals surface area contributed by atoms with E-state index < -0.39 is 0 Å². The van der Waals surface area contributed by atoms with E-state index in [1.807, 2.05) is 41.0 Å². The standard InChI is InChI=1S/C28H28N6O/c1-20-9-11-26(12-10-20)33-21(2)17-23(22(33)3)18-24(19-29)27-30-31-28(32-13-15-35-16-14-32)34(27)25-7-5-4-6-8-25/h4-12,17-18H,13-16H2,1-3H3/b24-18+. The summed E-state index contributed by atoms with van der Waals surface area (Å²) in [7, 11) is 0. The molecule has 0 unspecified atom stereocenters. The summed E-state index contributed by atoms with van der Waals surface area (Å²) in [6.07, 6.45) is 1.92. The first kappa shape index (κ1) is 22.6. The van der Waals surface area contributed by atoms with Crippen LogP contribution in [0.15, 0.2) is 60.7 Å². The quantitative estimate of drug-likeness (QED) is 0.394. The minimum absolute atomic E-state index is 0.463. The Kier molecular flexibility index (Phi) is 6.21. The number of ether oxygens (including phenoxy) is 1. The highest BCUT2D eigenvalue weighted by Crippen LogP contribution is 2.29. The molecule has 1 saturated heterocycles. The molecule has 0 amide bonds. The van der Waals surface area contributed by atoms with Crippen LogP contribution >= 0.6 is 0 Å². The van der Waals surface area contributed by atoms with Crippen molar-refractivity contribution in [2.24, 2.45) is 0 Å². The van der Waals surface area contributed by atoms with Crippen molar-refractivity contribution in [3.8, 4) is 17.4 Å². The minimum Gasteiger partial charge on any atom is -0.378 e. The van der Waals surface area contributed by atoms with Crippen LogP contribution in [0.2, 0.25) is 0 Å². The molecule has 4 aromatic rings. The number of aromatic nitrogens is 4. The van der Waals surface area contributed by atoms with Crippen molar-refractivity contribution in [3.05, 3.63) is 89.0 Å². The SMILES string of the molecule is Cc1ccc(-n2c(C)cc(/C=C(\C#N)c3nnc(N4CCOCC4)n3-c3ccccc3)c2C)cc1. The Balaban J connectivity index is 1.61. The zero-order chi connectivity index (χ0) is 24.4. The van der Waals surface area contributed by atoms with Gasteiger partial charge in [-0.15, -0.1) is 10.2 Å². The number of aryl methyl sites for hydroxylation is 2. The highest BCUT2D eigenvalue weighted by molar-refractivity contribution is 5.88. The molecule has 7 nitrogen and oxygen atoms in total. The summed E-state index contributed by atoms with van der Waals surface area (Å²) in [5, 5.41) is 19.2. The molecular weight excluding hydrogens is 436 g/mol. The van der Waals surface area contributed by atoms with Crippen LogP contribution in [-0.2, 0) is 4.74 Å². The van der Waals surface area contributed by atoms with Gasteiger partial charge in [-0.1, -0.05) is 35.9 Å². The second-order valence-electron chi connectivity index (χ2n) is 8.76. The molecular formula is C28H28N6O. The number of hydrogen-bond donors (Lipinski definition) is 0. The Morgan fingerprint density at radius 3 is 2.29 bits per heavy atom. The van der Waals surface area contributed by atoms with Gasteiger partial charge in [0.1, 0.15) is 6.07 Å². The zero-order valence-corrected chi connectivity index (χ0v) is 20.3. The molecule has 1 aliphatic heterocycles. The number of allylic oxidation sites excluding steroid dienone is 1. The second-order valence-corrected chi connectivity index (χ2v) is 8.76. The zero-order valence-electron chi connectivity index (χ0n) is 20.3. The van der Waals surface area contributed by atoms with Crippen LogP contribution in [0, 0.1) is 32.1 Å². The van der Waals surface area contributed by atoms with Crippen molar-refractivity contribution in [1.29, 1.82) is 5.26 Å². The van der Waals surface area contributed by atoms with Crippen molar-refractivity contribution < 1.29 is 4.74 Å². The summed E-state index contributed by atoms with van der Waals surface area (Å²) in [5.41, 5.74) is 6.86. The predicted molar refractivity (Wildman–Crippen MR) is 138 cm³/mol. The topological polar surface area (TPSA) is 71.9 Å². The number of nitrogens with zero attached hydrogens (tertiary/aromatic N) is 6. The Labute approximate surface area is 205 Å². The molecule has 0 saturated carbocycles. The summed E-state index contributed by atoms with van der Waals surface area (Å²) < 4.78 is 9.71. The molecule has 1 aliphatic rings. The molecule has 35 heavy (non-hydrogen) atoms. The van der Waals surface area contributed by atoms with E-state index in [9.17, 15) is 5.26 Å². The number of rotatable bonds is 5. The molecule has 7 heteroatoms. The average molecular weight is 465 g/mol. The first-order chi connectivity index (χ1) is 17.1. The fourth-order valence-corrected chi connectivity index (χ4v) is 4.56. The number of anilines is 1. The maximum absolute atomic E-state index is 10.2. The number of hydrogen-bond acceptors (Lipinski definition) is 5. The van der Waals surface area contributed by atoms with Gasteiger partial charge in [-0.3, -0.25) is 4.57 Å². The Hall–Kier alpha value is -4.15. The third-order valence-corrected chi connectivity index (χ3v) is 6.38. The number of para-hydroxylation sites is 1. The smallest absolute Gasteiger partial charge is 0.232 e. The molecule has 2 aromatic heterocycles. The van der Waals surface area contributed by atoms with Gasteiger partial charge < -0.3 is 14.2 Å². The van der Waals surface area contributed by atoms with E-state index in [4.69, 9.17) is 4.74 Å². The van der Waals surface area contributed by atoms with Crippen LogP contribution in [0.4, 0.5) is 5.95 Å². The van der Waals surface area contributed by atoms with E-state index in [-0.39, 0.29) is 0 Å². The molecule has 1 fully saturated rings. The van der Waals surface area contributed by atoms with E-state index in [2.05, 4.69) is 76.8 Å². The number of benzene rings is 2. The molecule has 176 valence electrons. The molecule has 0 aliphatic carbocycles. The lowest BCUT2D eigenvalue weighted by atomic mass is 10.1.